The van der Waals surface area contributed by atoms with Crippen LogP contribution in [0.3, 0.4) is 0 Å². The zero-order valence-electron chi connectivity index (χ0n) is 13.2. The third-order valence-corrected chi connectivity index (χ3v) is 3.21. The quantitative estimate of drug-likeness (QED) is 0.793. The van der Waals surface area contributed by atoms with Gasteiger partial charge >= 0.3 is 0 Å². The maximum absolute atomic E-state index is 11.9. The number of nitrogens with two attached hydrogens (primary N) is 1. The third kappa shape index (κ3) is 4.26. The fraction of sp³-hybridized carbons (Fsp3) is 0.533. The molecule has 1 aromatic carbocycles. The smallest absolute Gasteiger partial charge is 0.237 e. The van der Waals surface area contributed by atoms with E-state index in [4.69, 9.17) is 19.9 Å². The molecule has 0 radical (unpaired) electrons. The predicted octanol–water partition coefficient (Wildman–Crippen LogP) is 1.31. The maximum atomic E-state index is 11.9. The van der Waals surface area contributed by atoms with Crippen molar-refractivity contribution in [3.63, 3.8) is 0 Å². The van der Waals surface area contributed by atoms with E-state index >= 15 is 0 Å². The van der Waals surface area contributed by atoms with Crippen molar-refractivity contribution in [3.05, 3.63) is 17.7 Å². The lowest BCUT2D eigenvalue weighted by Crippen LogP contribution is -2.43. The summed E-state index contributed by atoms with van der Waals surface area (Å²) in [6.07, 6.45) is 0. The summed E-state index contributed by atoms with van der Waals surface area (Å²) >= 11 is 0. The van der Waals surface area contributed by atoms with E-state index in [1.54, 1.807) is 33.5 Å². The van der Waals surface area contributed by atoms with Crippen LogP contribution >= 0.6 is 0 Å². The number of hydrogen-bond donors (Lipinski definition) is 2. The van der Waals surface area contributed by atoms with Crippen LogP contribution < -0.4 is 25.3 Å². The van der Waals surface area contributed by atoms with Crippen LogP contribution in [0.5, 0.6) is 17.2 Å². The molecule has 0 aliphatic rings. The van der Waals surface area contributed by atoms with Crippen molar-refractivity contribution < 1.29 is 19.0 Å². The first-order chi connectivity index (χ1) is 9.94. The predicted molar refractivity (Wildman–Crippen MR) is 80.8 cm³/mol. The monoisotopic (exact) mass is 296 g/mol. The molecule has 0 aromatic heterocycles. The Bertz CT molecular complexity index is 464. The zero-order chi connectivity index (χ0) is 16.0. The molecular formula is C15H24N2O4. The normalized spacial score (nSPS) is 12.0. The molecule has 3 N–H and O–H groups in total. The van der Waals surface area contributed by atoms with Crippen LogP contribution in [-0.4, -0.2) is 33.3 Å². The molecule has 0 aliphatic heterocycles. The second-order valence-corrected chi connectivity index (χ2v) is 5.02. The third-order valence-electron chi connectivity index (χ3n) is 3.21. The SMILES string of the molecule is COc1cc(CNC(=O)[C@@H](N)C(C)C)cc(OC)c1OC. The lowest BCUT2D eigenvalue weighted by molar-refractivity contribution is -0.123. The molecule has 0 unspecified atom stereocenters. The van der Waals surface area contributed by atoms with Gasteiger partial charge in [0.25, 0.3) is 0 Å². The molecule has 1 amide bonds. The van der Waals surface area contributed by atoms with Crippen molar-refractivity contribution >= 4 is 5.91 Å². The summed E-state index contributed by atoms with van der Waals surface area (Å²) in [5.74, 6) is 1.53. The highest BCUT2D eigenvalue weighted by Crippen LogP contribution is 2.38. The number of nitrogens with one attached hydrogen (secondary N) is 1. The highest BCUT2D eigenvalue weighted by Gasteiger charge is 2.18. The van der Waals surface area contributed by atoms with Gasteiger partial charge in [0, 0.05) is 6.54 Å². The van der Waals surface area contributed by atoms with Crippen molar-refractivity contribution in [2.24, 2.45) is 11.7 Å². The van der Waals surface area contributed by atoms with Crippen LogP contribution in [0.25, 0.3) is 0 Å². The van der Waals surface area contributed by atoms with E-state index in [0.717, 1.165) is 5.56 Å². The van der Waals surface area contributed by atoms with Gasteiger partial charge in [-0.15, -0.1) is 0 Å². The Hall–Kier alpha value is -1.95. The minimum atomic E-state index is -0.521. The molecule has 118 valence electrons. The molecule has 1 atom stereocenters. The molecule has 0 heterocycles. The largest absolute Gasteiger partial charge is 0.493 e. The molecular weight excluding hydrogens is 272 g/mol. The number of methoxy groups -OCH3 is 3. The molecule has 6 nitrogen and oxygen atoms in total. The van der Waals surface area contributed by atoms with E-state index in [-0.39, 0.29) is 11.8 Å². The maximum Gasteiger partial charge on any atom is 0.237 e. The van der Waals surface area contributed by atoms with Crippen LogP contribution in [0, 0.1) is 5.92 Å². The van der Waals surface area contributed by atoms with Gasteiger partial charge in [0.05, 0.1) is 27.4 Å². The van der Waals surface area contributed by atoms with Gasteiger partial charge in [-0.3, -0.25) is 4.79 Å². The summed E-state index contributed by atoms with van der Waals surface area (Å²) in [6.45, 7) is 4.16. The topological polar surface area (TPSA) is 82.8 Å². The highest BCUT2D eigenvalue weighted by molar-refractivity contribution is 5.81. The summed E-state index contributed by atoms with van der Waals surface area (Å²) in [6, 6.07) is 3.07. The van der Waals surface area contributed by atoms with Crippen LogP contribution in [0.4, 0.5) is 0 Å². The summed E-state index contributed by atoms with van der Waals surface area (Å²) in [4.78, 5) is 11.9. The van der Waals surface area contributed by atoms with Crippen LogP contribution in [0.1, 0.15) is 19.4 Å². The molecule has 21 heavy (non-hydrogen) atoms. The zero-order valence-corrected chi connectivity index (χ0v) is 13.2. The van der Waals surface area contributed by atoms with E-state index < -0.39 is 6.04 Å². The Labute approximate surface area is 125 Å². The molecule has 0 bridgehead atoms. The number of ether oxygens (including phenoxy) is 3. The summed E-state index contributed by atoms with van der Waals surface area (Å²) in [5.41, 5.74) is 6.64. The lowest BCUT2D eigenvalue weighted by atomic mass is 10.0. The molecule has 0 spiro atoms. The fourth-order valence-electron chi connectivity index (χ4n) is 1.85. The first-order valence-electron chi connectivity index (χ1n) is 6.76. The first kappa shape index (κ1) is 17.1. The number of rotatable bonds is 7. The average molecular weight is 296 g/mol. The van der Waals surface area contributed by atoms with Crippen molar-refractivity contribution in [1.29, 1.82) is 0 Å². The Morgan fingerprint density at radius 3 is 2.05 bits per heavy atom. The lowest BCUT2D eigenvalue weighted by Gasteiger charge is -2.17. The fourth-order valence-corrected chi connectivity index (χ4v) is 1.85. The second kappa shape index (κ2) is 7.73. The Balaban J connectivity index is 2.87. The minimum absolute atomic E-state index is 0.0879. The van der Waals surface area contributed by atoms with Gasteiger partial charge in [0.2, 0.25) is 11.7 Å². The molecule has 1 aromatic rings. The minimum Gasteiger partial charge on any atom is -0.493 e. The van der Waals surface area contributed by atoms with Crippen LogP contribution in [0.15, 0.2) is 12.1 Å². The van der Waals surface area contributed by atoms with Crippen molar-refractivity contribution in [2.45, 2.75) is 26.4 Å². The first-order valence-corrected chi connectivity index (χ1v) is 6.76. The van der Waals surface area contributed by atoms with Crippen molar-refractivity contribution in [3.8, 4) is 17.2 Å². The van der Waals surface area contributed by atoms with Crippen molar-refractivity contribution in [1.82, 2.24) is 5.32 Å². The number of carbonyl (C=O) groups is 1. The summed E-state index contributed by atoms with van der Waals surface area (Å²) in [5, 5.41) is 2.80. The van der Waals surface area contributed by atoms with E-state index in [0.29, 0.717) is 23.8 Å². The number of amides is 1. The van der Waals surface area contributed by atoms with Gasteiger partial charge in [0.15, 0.2) is 11.5 Å². The van der Waals surface area contributed by atoms with E-state index in [9.17, 15) is 4.79 Å². The van der Waals surface area contributed by atoms with E-state index in [1.807, 2.05) is 13.8 Å². The molecule has 0 aliphatic carbocycles. The Kier molecular flexibility index (Phi) is 6.30. The van der Waals surface area contributed by atoms with Gasteiger partial charge in [-0.05, 0) is 23.6 Å². The van der Waals surface area contributed by atoms with Gasteiger partial charge in [0.1, 0.15) is 0 Å². The average Bonchev–Trinajstić information content (AvgIpc) is 2.50. The molecule has 0 fully saturated rings. The molecule has 0 saturated carbocycles. The Morgan fingerprint density at radius 2 is 1.67 bits per heavy atom. The molecule has 6 heteroatoms. The van der Waals surface area contributed by atoms with Crippen LogP contribution in [-0.2, 0) is 11.3 Å². The van der Waals surface area contributed by atoms with Crippen molar-refractivity contribution in [2.75, 3.05) is 21.3 Å². The van der Waals surface area contributed by atoms with Crippen LogP contribution in [0.2, 0.25) is 0 Å². The number of carbonyl (C=O) groups excluding carboxylic acids is 1. The standard InChI is InChI=1S/C15H24N2O4/c1-9(2)13(16)15(18)17-8-10-6-11(19-3)14(21-5)12(7-10)20-4/h6-7,9,13H,8,16H2,1-5H3,(H,17,18)/t13-/m0/s1. The molecule has 0 saturated heterocycles. The van der Waals surface area contributed by atoms with Gasteiger partial charge in [-0.2, -0.15) is 0 Å². The second-order valence-electron chi connectivity index (χ2n) is 5.02. The van der Waals surface area contributed by atoms with Gasteiger partial charge in [-0.1, -0.05) is 13.8 Å². The number of hydrogen-bond acceptors (Lipinski definition) is 5. The highest BCUT2D eigenvalue weighted by atomic mass is 16.5. The Morgan fingerprint density at radius 1 is 1.14 bits per heavy atom. The van der Waals surface area contributed by atoms with Gasteiger partial charge in [-0.25, -0.2) is 0 Å². The summed E-state index contributed by atoms with van der Waals surface area (Å²) < 4.78 is 15.8. The number of benzene rings is 1. The van der Waals surface area contributed by atoms with Gasteiger partial charge < -0.3 is 25.3 Å². The van der Waals surface area contributed by atoms with E-state index in [1.165, 1.54) is 0 Å². The summed E-state index contributed by atoms with van der Waals surface area (Å²) in [7, 11) is 4.64. The molecule has 1 rings (SSSR count). The van der Waals surface area contributed by atoms with E-state index in [2.05, 4.69) is 5.32 Å².